The smallest absolute Gasteiger partial charge is 0.334 e. The summed E-state index contributed by atoms with van der Waals surface area (Å²) in [6.07, 6.45) is 5.65. The molecule has 6 heteroatoms. The Bertz CT molecular complexity index is 487. The minimum atomic E-state index is -0.678. The Morgan fingerprint density at radius 3 is 1.93 bits per heavy atom. The summed E-state index contributed by atoms with van der Waals surface area (Å²) in [4.78, 5) is 36.1. The molecule has 6 nitrogen and oxygen atoms in total. The maximum atomic E-state index is 12.2. The van der Waals surface area contributed by atoms with Crippen LogP contribution in [0.3, 0.4) is 0 Å². The molecule has 0 saturated heterocycles. The molecular weight excluding hydrogens is 348 g/mol. The fourth-order valence-electron chi connectivity index (χ4n) is 2.08. The van der Waals surface area contributed by atoms with E-state index in [4.69, 9.17) is 14.2 Å². The van der Waals surface area contributed by atoms with E-state index in [-0.39, 0.29) is 30.6 Å². The lowest BCUT2D eigenvalue weighted by Crippen LogP contribution is -2.17. The average molecular weight is 385 g/mol. The number of hydrogen-bond acceptors (Lipinski definition) is 6. The van der Waals surface area contributed by atoms with E-state index < -0.39 is 17.9 Å². The van der Waals surface area contributed by atoms with Crippen LogP contribution in [-0.2, 0) is 28.6 Å². The van der Waals surface area contributed by atoms with Crippen molar-refractivity contribution in [3.63, 3.8) is 0 Å². The van der Waals surface area contributed by atoms with Gasteiger partial charge in [-0.3, -0.25) is 4.79 Å². The number of rotatable bonds is 13. The number of carbonyl (C=O) groups is 3. The molecule has 0 atom stereocenters. The standard InChI is InChI=1S/C21H36O6/c1-6-8-12-25-18(22)15-17(20(24)27-13-9-7-2)16-19(23)26-14-10-11-21(3,4)5/h16H,6-15H2,1-5H3. The number of esters is 3. The Balaban J connectivity index is 4.73. The number of hydrogen-bond donors (Lipinski definition) is 0. The van der Waals surface area contributed by atoms with Gasteiger partial charge in [0.05, 0.1) is 31.8 Å². The summed E-state index contributed by atoms with van der Waals surface area (Å²) in [5.41, 5.74) is 0.132. The van der Waals surface area contributed by atoms with Gasteiger partial charge in [0.15, 0.2) is 0 Å². The van der Waals surface area contributed by atoms with Crippen LogP contribution in [0.4, 0.5) is 0 Å². The van der Waals surface area contributed by atoms with E-state index in [1.165, 1.54) is 0 Å². The Morgan fingerprint density at radius 1 is 0.815 bits per heavy atom. The summed E-state index contributed by atoms with van der Waals surface area (Å²) in [5.74, 6) is -1.88. The van der Waals surface area contributed by atoms with Crippen molar-refractivity contribution in [3.05, 3.63) is 11.6 Å². The molecule has 0 radical (unpaired) electrons. The second kappa shape index (κ2) is 14.2. The van der Waals surface area contributed by atoms with Crippen molar-refractivity contribution < 1.29 is 28.6 Å². The van der Waals surface area contributed by atoms with Crippen molar-refractivity contribution in [3.8, 4) is 0 Å². The number of carbonyl (C=O) groups excluding carboxylic acids is 3. The molecule has 0 bridgehead atoms. The van der Waals surface area contributed by atoms with Gasteiger partial charge in [0, 0.05) is 6.08 Å². The van der Waals surface area contributed by atoms with Crippen LogP contribution in [0.25, 0.3) is 0 Å². The molecular formula is C21H36O6. The molecule has 0 amide bonds. The topological polar surface area (TPSA) is 78.9 Å². The highest BCUT2D eigenvalue weighted by Gasteiger charge is 2.19. The first-order valence-electron chi connectivity index (χ1n) is 9.89. The molecule has 0 saturated carbocycles. The normalized spacial score (nSPS) is 11.8. The number of ether oxygens (including phenoxy) is 3. The third-order valence-corrected chi connectivity index (χ3v) is 3.70. The van der Waals surface area contributed by atoms with E-state index in [9.17, 15) is 14.4 Å². The Kier molecular flexibility index (Phi) is 13.3. The Labute approximate surface area is 163 Å². The van der Waals surface area contributed by atoms with Gasteiger partial charge >= 0.3 is 17.9 Å². The molecule has 0 fully saturated rings. The number of unbranched alkanes of at least 4 members (excludes halogenated alkanes) is 2. The van der Waals surface area contributed by atoms with Gasteiger partial charge in [-0.05, 0) is 31.1 Å². The van der Waals surface area contributed by atoms with Crippen LogP contribution in [0.15, 0.2) is 11.6 Å². The maximum absolute atomic E-state index is 12.2. The molecule has 0 N–H and O–H groups in total. The molecule has 0 aromatic carbocycles. The van der Waals surface area contributed by atoms with Crippen LogP contribution in [0.5, 0.6) is 0 Å². The molecule has 0 aliphatic rings. The summed E-state index contributed by atoms with van der Waals surface area (Å²) < 4.78 is 15.3. The van der Waals surface area contributed by atoms with Crippen LogP contribution >= 0.6 is 0 Å². The van der Waals surface area contributed by atoms with Crippen molar-refractivity contribution in [2.45, 2.75) is 79.6 Å². The SMILES string of the molecule is CCCCOC(=O)CC(=CC(=O)OCCCC(C)(C)C)C(=O)OCCCC. The largest absolute Gasteiger partial charge is 0.465 e. The first-order valence-corrected chi connectivity index (χ1v) is 9.89. The summed E-state index contributed by atoms with van der Waals surface area (Å²) >= 11 is 0. The van der Waals surface area contributed by atoms with Gasteiger partial charge in [-0.15, -0.1) is 0 Å². The van der Waals surface area contributed by atoms with E-state index in [0.717, 1.165) is 44.6 Å². The summed E-state index contributed by atoms with van der Waals surface area (Å²) in [6, 6.07) is 0. The zero-order valence-electron chi connectivity index (χ0n) is 17.6. The molecule has 0 aromatic rings. The lowest BCUT2D eigenvalue weighted by molar-refractivity contribution is -0.146. The van der Waals surface area contributed by atoms with Gasteiger partial charge in [-0.1, -0.05) is 47.5 Å². The third-order valence-electron chi connectivity index (χ3n) is 3.70. The van der Waals surface area contributed by atoms with Crippen LogP contribution in [0, 0.1) is 5.41 Å². The highest BCUT2D eigenvalue weighted by atomic mass is 16.5. The van der Waals surface area contributed by atoms with Crippen molar-refractivity contribution >= 4 is 17.9 Å². The van der Waals surface area contributed by atoms with E-state index in [1.807, 2.05) is 13.8 Å². The van der Waals surface area contributed by atoms with Gasteiger partial charge in [0.1, 0.15) is 0 Å². The molecule has 0 rings (SSSR count). The second-order valence-corrected chi connectivity index (χ2v) is 7.74. The van der Waals surface area contributed by atoms with E-state index in [2.05, 4.69) is 20.8 Å². The van der Waals surface area contributed by atoms with Gasteiger partial charge < -0.3 is 14.2 Å². The summed E-state index contributed by atoms with van der Waals surface area (Å²) in [7, 11) is 0. The van der Waals surface area contributed by atoms with Crippen molar-refractivity contribution in [2.24, 2.45) is 5.41 Å². The molecule has 0 aromatic heterocycles. The Hall–Kier alpha value is -1.85. The molecule has 0 unspecified atom stereocenters. The molecule has 156 valence electrons. The lowest BCUT2D eigenvalue weighted by atomic mass is 9.91. The van der Waals surface area contributed by atoms with E-state index in [1.54, 1.807) is 0 Å². The minimum absolute atomic E-state index is 0.0339. The fraction of sp³-hybridized carbons (Fsp3) is 0.762. The quantitative estimate of drug-likeness (QED) is 0.203. The van der Waals surface area contributed by atoms with Crippen molar-refractivity contribution in [1.82, 2.24) is 0 Å². The molecule has 0 heterocycles. The predicted octanol–water partition coefficient (Wildman–Crippen LogP) is 4.36. The van der Waals surface area contributed by atoms with Crippen LogP contribution < -0.4 is 0 Å². The van der Waals surface area contributed by atoms with Crippen molar-refractivity contribution in [1.29, 1.82) is 0 Å². The molecule has 0 aliphatic carbocycles. The predicted molar refractivity (Wildman–Crippen MR) is 104 cm³/mol. The van der Waals surface area contributed by atoms with E-state index >= 15 is 0 Å². The first-order chi connectivity index (χ1) is 12.7. The molecule has 0 aliphatic heterocycles. The first kappa shape index (κ1) is 25.1. The van der Waals surface area contributed by atoms with Gasteiger partial charge in [-0.2, -0.15) is 0 Å². The zero-order valence-corrected chi connectivity index (χ0v) is 17.6. The maximum Gasteiger partial charge on any atom is 0.334 e. The summed E-state index contributed by atoms with van der Waals surface area (Å²) in [6.45, 7) is 11.1. The van der Waals surface area contributed by atoms with Gasteiger partial charge in [-0.25, -0.2) is 9.59 Å². The molecule has 0 spiro atoms. The Morgan fingerprint density at radius 2 is 1.37 bits per heavy atom. The van der Waals surface area contributed by atoms with E-state index in [0.29, 0.717) is 6.61 Å². The van der Waals surface area contributed by atoms with Crippen LogP contribution in [-0.4, -0.2) is 37.7 Å². The second-order valence-electron chi connectivity index (χ2n) is 7.74. The molecule has 27 heavy (non-hydrogen) atoms. The van der Waals surface area contributed by atoms with Crippen molar-refractivity contribution in [2.75, 3.05) is 19.8 Å². The van der Waals surface area contributed by atoms with Gasteiger partial charge in [0.25, 0.3) is 0 Å². The zero-order chi connectivity index (χ0) is 20.7. The highest BCUT2D eigenvalue weighted by Crippen LogP contribution is 2.20. The van der Waals surface area contributed by atoms with Crippen LogP contribution in [0.1, 0.15) is 79.6 Å². The fourth-order valence-corrected chi connectivity index (χ4v) is 2.08. The monoisotopic (exact) mass is 384 g/mol. The van der Waals surface area contributed by atoms with Crippen LogP contribution in [0.2, 0.25) is 0 Å². The highest BCUT2D eigenvalue weighted by molar-refractivity contribution is 5.99. The van der Waals surface area contributed by atoms with Gasteiger partial charge in [0.2, 0.25) is 0 Å². The minimum Gasteiger partial charge on any atom is -0.465 e. The average Bonchev–Trinajstić information content (AvgIpc) is 2.57. The third kappa shape index (κ3) is 15.0. The lowest BCUT2D eigenvalue weighted by Gasteiger charge is -2.17. The summed E-state index contributed by atoms with van der Waals surface area (Å²) in [5, 5.41) is 0.